The standard InChI is InChI=1S/C17H13F2N3O3/c1-24-10-7-5-9(6-8-10)15-14(16(20)23)22-17(25-15)21-13-11(18)3-2-4-12(13)19/h2-8H,1H3,(H2,20,23)(H,21,22). The van der Waals surface area contributed by atoms with Gasteiger partial charge in [0, 0.05) is 5.56 Å². The van der Waals surface area contributed by atoms with Crippen LogP contribution in [0.5, 0.6) is 5.75 Å². The number of halogens is 2. The number of primary amides is 1. The molecule has 1 heterocycles. The molecule has 3 rings (SSSR count). The van der Waals surface area contributed by atoms with E-state index in [2.05, 4.69) is 10.3 Å². The number of hydrogen-bond donors (Lipinski definition) is 2. The first-order valence-corrected chi connectivity index (χ1v) is 7.15. The Morgan fingerprint density at radius 2 is 1.80 bits per heavy atom. The van der Waals surface area contributed by atoms with Crippen molar-refractivity contribution in [2.24, 2.45) is 5.73 Å². The summed E-state index contributed by atoms with van der Waals surface area (Å²) in [4.78, 5) is 15.5. The van der Waals surface area contributed by atoms with Crippen molar-refractivity contribution in [3.05, 3.63) is 59.8 Å². The van der Waals surface area contributed by atoms with Crippen molar-refractivity contribution in [3.63, 3.8) is 0 Å². The van der Waals surface area contributed by atoms with Crippen LogP contribution in [0, 0.1) is 11.6 Å². The van der Waals surface area contributed by atoms with E-state index in [0.717, 1.165) is 12.1 Å². The number of benzene rings is 2. The van der Waals surface area contributed by atoms with E-state index in [9.17, 15) is 13.6 Å². The quantitative estimate of drug-likeness (QED) is 0.739. The fraction of sp³-hybridized carbons (Fsp3) is 0.0588. The second-order valence-corrected chi connectivity index (χ2v) is 5.01. The highest BCUT2D eigenvalue weighted by Gasteiger charge is 2.21. The van der Waals surface area contributed by atoms with E-state index in [1.54, 1.807) is 24.3 Å². The minimum atomic E-state index is -0.836. The van der Waals surface area contributed by atoms with Crippen LogP contribution in [0.15, 0.2) is 46.9 Å². The molecule has 3 N–H and O–H groups in total. The van der Waals surface area contributed by atoms with Gasteiger partial charge in [0.05, 0.1) is 7.11 Å². The SMILES string of the molecule is COc1ccc(-c2oc(Nc3c(F)cccc3F)nc2C(N)=O)cc1. The fourth-order valence-corrected chi connectivity index (χ4v) is 2.20. The number of oxazole rings is 1. The molecule has 0 radical (unpaired) electrons. The van der Waals surface area contributed by atoms with Crippen molar-refractivity contribution < 1.29 is 22.7 Å². The lowest BCUT2D eigenvalue weighted by Crippen LogP contribution is -2.12. The number of carbonyl (C=O) groups excluding carboxylic acids is 1. The summed E-state index contributed by atoms with van der Waals surface area (Å²) in [5.74, 6) is -1.81. The molecule has 0 saturated carbocycles. The van der Waals surface area contributed by atoms with Crippen molar-refractivity contribution in [2.45, 2.75) is 0 Å². The smallest absolute Gasteiger partial charge is 0.300 e. The van der Waals surface area contributed by atoms with Crippen LogP contribution in [-0.2, 0) is 0 Å². The Bertz CT molecular complexity index is 903. The number of methoxy groups -OCH3 is 1. The molecule has 1 aromatic heterocycles. The Morgan fingerprint density at radius 3 is 2.36 bits per heavy atom. The van der Waals surface area contributed by atoms with E-state index in [1.165, 1.54) is 13.2 Å². The number of hydrogen-bond acceptors (Lipinski definition) is 5. The topological polar surface area (TPSA) is 90.4 Å². The third-order valence-corrected chi connectivity index (χ3v) is 3.41. The zero-order valence-corrected chi connectivity index (χ0v) is 13.0. The van der Waals surface area contributed by atoms with Gasteiger partial charge < -0.3 is 20.2 Å². The number of nitrogens with one attached hydrogen (secondary N) is 1. The highest BCUT2D eigenvalue weighted by molar-refractivity contribution is 5.97. The van der Waals surface area contributed by atoms with Gasteiger partial charge in [-0.3, -0.25) is 4.79 Å². The molecule has 0 bridgehead atoms. The number of para-hydroxylation sites is 1. The maximum atomic E-state index is 13.7. The molecule has 0 unspecified atom stereocenters. The fourth-order valence-electron chi connectivity index (χ4n) is 2.20. The van der Waals surface area contributed by atoms with E-state index in [4.69, 9.17) is 14.9 Å². The third-order valence-electron chi connectivity index (χ3n) is 3.41. The summed E-state index contributed by atoms with van der Waals surface area (Å²) >= 11 is 0. The van der Waals surface area contributed by atoms with Crippen molar-refractivity contribution in [1.29, 1.82) is 0 Å². The summed E-state index contributed by atoms with van der Waals surface area (Å²) in [6.45, 7) is 0. The molecule has 0 atom stereocenters. The molecule has 2 aromatic carbocycles. The lowest BCUT2D eigenvalue weighted by atomic mass is 10.1. The van der Waals surface area contributed by atoms with E-state index in [-0.39, 0.29) is 17.5 Å². The van der Waals surface area contributed by atoms with Gasteiger partial charge in [-0.2, -0.15) is 4.98 Å². The average molecular weight is 345 g/mol. The molecule has 0 aliphatic rings. The predicted molar refractivity (Wildman–Crippen MR) is 86.6 cm³/mol. The van der Waals surface area contributed by atoms with Crippen LogP contribution in [0.25, 0.3) is 11.3 Å². The van der Waals surface area contributed by atoms with Gasteiger partial charge in [-0.1, -0.05) is 6.07 Å². The van der Waals surface area contributed by atoms with Crippen LogP contribution in [-0.4, -0.2) is 18.0 Å². The first kappa shape index (κ1) is 16.4. The van der Waals surface area contributed by atoms with E-state index in [0.29, 0.717) is 11.3 Å². The monoisotopic (exact) mass is 345 g/mol. The molecular weight excluding hydrogens is 332 g/mol. The average Bonchev–Trinajstić information content (AvgIpc) is 3.03. The second-order valence-electron chi connectivity index (χ2n) is 5.01. The number of rotatable bonds is 5. The summed E-state index contributed by atoms with van der Waals surface area (Å²) in [5.41, 5.74) is 5.21. The molecule has 3 aromatic rings. The predicted octanol–water partition coefficient (Wildman–Crippen LogP) is 3.47. The van der Waals surface area contributed by atoms with Gasteiger partial charge in [-0.05, 0) is 36.4 Å². The van der Waals surface area contributed by atoms with Crippen LogP contribution in [0.4, 0.5) is 20.5 Å². The number of nitrogens with two attached hydrogens (primary N) is 1. The van der Waals surface area contributed by atoms with Crippen molar-refractivity contribution >= 4 is 17.6 Å². The van der Waals surface area contributed by atoms with Gasteiger partial charge in [-0.15, -0.1) is 0 Å². The molecule has 1 amide bonds. The number of ether oxygens (including phenoxy) is 1. The number of aromatic nitrogens is 1. The highest BCUT2D eigenvalue weighted by Crippen LogP contribution is 2.31. The van der Waals surface area contributed by atoms with Gasteiger partial charge >= 0.3 is 6.01 Å². The Kier molecular flexibility index (Phi) is 4.34. The Morgan fingerprint density at radius 1 is 1.16 bits per heavy atom. The maximum Gasteiger partial charge on any atom is 0.300 e. The number of amides is 1. The molecule has 0 saturated heterocycles. The zero-order valence-electron chi connectivity index (χ0n) is 13.0. The first-order valence-electron chi connectivity index (χ1n) is 7.15. The Balaban J connectivity index is 2.01. The normalized spacial score (nSPS) is 10.5. The molecule has 25 heavy (non-hydrogen) atoms. The van der Waals surface area contributed by atoms with Crippen LogP contribution < -0.4 is 15.8 Å². The van der Waals surface area contributed by atoms with E-state index < -0.39 is 23.2 Å². The minimum absolute atomic E-state index is 0.0781. The van der Waals surface area contributed by atoms with Crippen LogP contribution in [0.1, 0.15) is 10.5 Å². The van der Waals surface area contributed by atoms with Crippen LogP contribution in [0.2, 0.25) is 0 Å². The summed E-state index contributed by atoms with van der Waals surface area (Å²) in [5, 5.41) is 2.39. The summed E-state index contributed by atoms with van der Waals surface area (Å²) in [6, 6.07) is 9.71. The lowest BCUT2D eigenvalue weighted by Gasteiger charge is -2.04. The van der Waals surface area contributed by atoms with Crippen LogP contribution in [0.3, 0.4) is 0 Å². The van der Waals surface area contributed by atoms with Gasteiger partial charge in [-0.25, -0.2) is 8.78 Å². The van der Waals surface area contributed by atoms with Crippen molar-refractivity contribution in [3.8, 4) is 17.1 Å². The summed E-state index contributed by atoms with van der Waals surface area (Å²) in [7, 11) is 1.52. The molecule has 0 spiro atoms. The van der Waals surface area contributed by atoms with Crippen molar-refractivity contribution in [1.82, 2.24) is 4.98 Å². The molecular formula is C17H13F2N3O3. The van der Waals surface area contributed by atoms with Gasteiger partial charge in [0.1, 0.15) is 23.1 Å². The number of carbonyl (C=O) groups is 1. The Labute approximate surface area is 141 Å². The number of nitrogens with zero attached hydrogens (tertiary/aromatic N) is 1. The number of anilines is 2. The zero-order chi connectivity index (χ0) is 18.0. The minimum Gasteiger partial charge on any atom is -0.497 e. The lowest BCUT2D eigenvalue weighted by molar-refractivity contribution is 0.0996. The van der Waals surface area contributed by atoms with E-state index in [1.807, 2.05) is 0 Å². The van der Waals surface area contributed by atoms with E-state index >= 15 is 0 Å². The molecule has 8 heteroatoms. The van der Waals surface area contributed by atoms with Crippen LogP contribution >= 0.6 is 0 Å². The molecule has 6 nitrogen and oxygen atoms in total. The highest BCUT2D eigenvalue weighted by atomic mass is 19.1. The molecule has 128 valence electrons. The Hall–Kier alpha value is -3.42. The van der Waals surface area contributed by atoms with Gasteiger partial charge in [0.25, 0.3) is 5.91 Å². The summed E-state index contributed by atoms with van der Waals surface area (Å²) in [6.07, 6.45) is 0. The summed E-state index contributed by atoms with van der Waals surface area (Å²) < 4.78 is 38.0. The molecule has 0 aliphatic carbocycles. The molecule has 0 aliphatic heterocycles. The first-order chi connectivity index (χ1) is 12.0. The van der Waals surface area contributed by atoms with Gasteiger partial charge in [0.2, 0.25) is 0 Å². The largest absolute Gasteiger partial charge is 0.497 e. The second kappa shape index (κ2) is 6.60. The molecule has 0 fully saturated rings. The van der Waals surface area contributed by atoms with Gasteiger partial charge in [0.15, 0.2) is 11.5 Å². The third kappa shape index (κ3) is 3.27. The maximum absolute atomic E-state index is 13.7. The van der Waals surface area contributed by atoms with Crippen molar-refractivity contribution in [2.75, 3.05) is 12.4 Å².